The van der Waals surface area contributed by atoms with Crippen LogP contribution in [0.5, 0.6) is 0 Å². The zero-order valence-electron chi connectivity index (χ0n) is 12.1. The van der Waals surface area contributed by atoms with Gasteiger partial charge in [-0.2, -0.15) is 5.26 Å². The molecule has 0 unspecified atom stereocenters. The molecular weight excluding hydrogens is 248 g/mol. The number of nitrogens with zero attached hydrogens (tertiary/aromatic N) is 1. The quantitative estimate of drug-likeness (QED) is 0.914. The highest BCUT2D eigenvalue weighted by Crippen LogP contribution is 2.35. The summed E-state index contributed by atoms with van der Waals surface area (Å²) >= 11 is 0. The Morgan fingerprint density at radius 2 is 2.10 bits per heavy atom. The molecule has 1 amide bonds. The third-order valence-electron chi connectivity index (χ3n) is 4.14. The minimum Gasteiger partial charge on any atom is -0.354 e. The van der Waals surface area contributed by atoms with Crippen LogP contribution in [0.2, 0.25) is 0 Å². The molecule has 0 saturated heterocycles. The first kappa shape index (κ1) is 14.6. The van der Waals surface area contributed by atoms with Crippen molar-refractivity contribution in [1.82, 2.24) is 5.32 Å². The van der Waals surface area contributed by atoms with Crippen LogP contribution in [0.15, 0.2) is 24.3 Å². The van der Waals surface area contributed by atoms with Gasteiger partial charge in [0.25, 0.3) is 0 Å². The van der Waals surface area contributed by atoms with Crippen molar-refractivity contribution in [1.29, 1.82) is 5.26 Å². The molecule has 0 heterocycles. The molecule has 1 fully saturated rings. The van der Waals surface area contributed by atoms with E-state index >= 15 is 0 Å². The van der Waals surface area contributed by atoms with Crippen LogP contribution in [0.1, 0.15) is 43.2 Å². The number of nitrogens with one attached hydrogen (secondary N) is 1. The lowest BCUT2D eigenvalue weighted by molar-refractivity contribution is -0.129. The molecule has 20 heavy (non-hydrogen) atoms. The van der Waals surface area contributed by atoms with E-state index in [-0.39, 0.29) is 5.91 Å². The van der Waals surface area contributed by atoms with Crippen LogP contribution in [0, 0.1) is 23.7 Å². The predicted molar refractivity (Wildman–Crippen MR) is 79.0 cm³/mol. The second-order valence-electron chi connectivity index (χ2n) is 5.75. The van der Waals surface area contributed by atoms with Crippen molar-refractivity contribution in [3.05, 3.63) is 35.4 Å². The van der Waals surface area contributed by atoms with Gasteiger partial charge in [-0.05, 0) is 31.7 Å². The lowest BCUT2D eigenvalue weighted by Crippen LogP contribution is -2.42. The van der Waals surface area contributed by atoms with Crippen molar-refractivity contribution in [2.45, 2.75) is 45.4 Å². The number of nitriles is 1. The zero-order chi connectivity index (χ0) is 14.4. The third kappa shape index (κ3) is 3.39. The standard InChI is InChI=1S/C17H22N2O/c1-14-6-5-7-15(12-14)8-11-19-16(20)17(13-18)9-3-2-4-10-17/h5-7,12H,2-4,8-11H2,1H3,(H,19,20). The number of benzene rings is 1. The summed E-state index contributed by atoms with van der Waals surface area (Å²) < 4.78 is 0. The Morgan fingerprint density at radius 3 is 2.75 bits per heavy atom. The second kappa shape index (κ2) is 6.56. The third-order valence-corrected chi connectivity index (χ3v) is 4.14. The molecule has 0 radical (unpaired) electrons. The lowest BCUT2D eigenvalue weighted by atomic mass is 9.74. The molecule has 106 valence electrons. The summed E-state index contributed by atoms with van der Waals surface area (Å²) in [4.78, 5) is 12.3. The molecule has 2 rings (SSSR count). The van der Waals surface area contributed by atoms with Gasteiger partial charge in [0.1, 0.15) is 5.41 Å². The van der Waals surface area contributed by atoms with Gasteiger partial charge in [0.15, 0.2) is 0 Å². The van der Waals surface area contributed by atoms with Crippen LogP contribution in [-0.4, -0.2) is 12.5 Å². The molecule has 0 aromatic heterocycles. The molecule has 0 atom stereocenters. The average molecular weight is 270 g/mol. The predicted octanol–water partition coefficient (Wildman–Crippen LogP) is 3.13. The molecule has 3 heteroatoms. The Morgan fingerprint density at radius 1 is 1.35 bits per heavy atom. The van der Waals surface area contributed by atoms with Crippen molar-refractivity contribution in [2.75, 3.05) is 6.54 Å². The van der Waals surface area contributed by atoms with Crippen molar-refractivity contribution < 1.29 is 4.79 Å². The summed E-state index contributed by atoms with van der Waals surface area (Å²) in [6.07, 6.45) is 5.34. The van der Waals surface area contributed by atoms with Gasteiger partial charge in [0.05, 0.1) is 6.07 Å². The van der Waals surface area contributed by atoms with Crippen LogP contribution < -0.4 is 5.32 Å². The minimum absolute atomic E-state index is 0.0765. The monoisotopic (exact) mass is 270 g/mol. The molecule has 0 spiro atoms. The fourth-order valence-electron chi connectivity index (χ4n) is 2.90. The normalized spacial score (nSPS) is 17.2. The maximum absolute atomic E-state index is 12.3. The van der Waals surface area contributed by atoms with E-state index in [2.05, 4.69) is 36.5 Å². The topological polar surface area (TPSA) is 52.9 Å². The van der Waals surface area contributed by atoms with Crippen LogP contribution in [0.3, 0.4) is 0 Å². The number of rotatable bonds is 4. The first-order valence-electron chi connectivity index (χ1n) is 7.41. The smallest absolute Gasteiger partial charge is 0.240 e. The number of amides is 1. The molecule has 0 bridgehead atoms. The van der Waals surface area contributed by atoms with E-state index in [0.29, 0.717) is 19.4 Å². The highest BCUT2D eigenvalue weighted by Gasteiger charge is 2.39. The Balaban J connectivity index is 1.87. The first-order chi connectivity index (χ1) is 9.66. The summed E-state index contributed by atoms with van der Waals surface area (Å²) in [5.41, 5.74) is 1.68. The Labute approximate surface area is 121 Å². The Hall–Kier alpha value is -1.82. The minimum atomic E-state index is -0.773. The van der Waals surface area contributed by atoms with E-state index < -0.39 is 5.41 Å². The summed E-state index contributed by atoms with van der Waals surface area (Å²) in [7, 11) is 0. The molecule has 0 aliphatic heterocycles. The van der Waals surface area contributed by atoms with Gasteiger partial charge in [0.2, 0.25) is 5.91 Å². The van der Waals surface area contributed by atoms with Crippen molar-refractivity contribution >= 4 is 5.91 Å². The maximum Gasteiger partial charge on any atom is 0.240 e. The number of carbonyl (C=O) groups is 1. The molecule has 1 N–H and O–H groups in total. The molecule has 1 aliphatic carbocycles. The van der Waals surface area contributed by atoms with E-state index in [1.807, 2.05) is 6.07 Å². The van der Waals surface area contributed by atoms with Gasteiger partial charge in [0, 0.05) is 6.54 Å². The van der Waals surface area contributed by atoms with Crippen LogP contribution in [0.25, 0.3) is 0 Å². The van der Waals surface area contributed by atoms with Crippen molar-refractivity contribution in [3.63, 3.8) is 0 Å². The summed E-state index contributed by atoms with van der Waals surface area (Å²) in [5, 5.41) is 12.3. The number of carbonyl (C=O) groups excluding carboxylic acids is 1. The molecule has 1 saturated carbocycles. The fourth-order valence-corrected chi connectivity index (χ4v) is 2.90. The van der Waals surface area contributed by atoms with E-state index in [1.54, 1.807) is 0 Å². The SMILES string of the molecule is Cc1cccc(CCNC(=O)C2(C#N)CCCCC2)c1. The van der Waals surface area contributed by atoms with E-state index in [1.165, 1.54) is 11.1 Å². The fraction of sp³-hybridized carbons (Fsp3) is 0.529. The number of hydrogen-bond donors (Lipinski definition) is 1. The van der Waals surface area contributed by atoms with Crippen LogP contribution >= 0.6 is 0 Å². The van der Waals surface area contributed by atoms with Crippen LogP contribution in [-0.2, 0) is 11.2 Å². The van der Waals surface area contributed by atoms with Gasteiger partial charge in [-0.25, -0.2) is 0 Å². The van der Waals surface area contributed by atoms with E-state index in [4.69, 9.17) is 0 Å². The number of hydrogen-bond acceptors (Lipinski definition) is 2. The average Bonchev–Trinajstić information content (AvgIpc) is 2.48. The van der Waals surface area contributed by atoms with E-state index in [0.717, 1.165) is 25.7 Å². The summed E-state index contributed by atoms with van der Waals surface area (Å²) in [6, 6.07) is 10.6. The molecule has 3 nitrogen and oxygen atoms in total. The molecule has 1 aromatic carbocycles. The second-order valence-corrected chi connectivity index (χ2v) is 5.75. The number of aryl methyl sites for hydroxylation is 1. The zero-order valence-corrected chi connectivity index (χ0v) is 12.1. The summed E-state index contributed by atoms with van der Waals surface area (Å²) in [5.74, 6) is -0.0765. The Kier molecular flexibility index (Phi) is 4.79. The first-order valence-corrected chi connectivity index (χ1v) is 7.41. The van der Waals surface area contributed by atoms with E-state index in [9.17, 15) is 10.1 Å². The van der Waals surface area contributed by atoms with Crippen molar-refractivity contribution in [3.8, 4) is 6.07 Å². The van der Waals surface area contributed by atoms with Gasteiger partial charge in [-0.15, -0.1) is 0 Å². The van der Waals surface area contributed by atoms with Crippen LogP contribution in [0.4, 0.5) is 0 Å². The maximum atomic E-state index is 12.3. The molecular formula is C17H22N2O. The highest BCUT2D eigenvalue weighted by molar-refractivity contribution is 5.85. The Bertz CT molecular complexity index is 510. The van der Waals surface area contributed by atoms with Gasteiger partial charge in [-0.3, -0.25) is 4.79 Å². The molecule has 1 aromatic rings. The molecule has 1 aliphatic rings. The largest absolute Gasteiger partial charge is 0.354 e. The lowest BCUT2D eigenvalue weighted by Gasteiger charge is -2.29. The van der Waals surface area contributed by atoms with Gasteiger partial charge in [-0.1, -0.05) is 49.1 Å². The van der Waals surface area contributed by atoms with Gasteiger partial charge >= 0.3 is 0 Å². The highest BCUT2D eigenvalue weighted by atomic mass is 16.2. The summed E-state index contributed by atoms with van der Waals surface area (Å²) in [6.45, 7) is 2.67. The van der Waals surface area contributed by atoms with Gasteiger partial charge < -0.3 is 5.32 Å². The van der Waals surface area contributed by atoms with Crippen molar-refractivity contribution in [2.24, 2.45) is 5.41 Å².